The molecule has 7 heteroatoms. The second-order valence-electron chi connectivity index (χ2n) is 5.72. The molecule has 1 fully saturated rings. The number of anilines is 1. The van der Waals surface area contributed by atoms with Gasteiger partial charge < -0.3 is 14.2 Å². The van der Waals surface area contributed by atoms with E-state index in [2.05, 4.69) is 16.9 Å². The number of amides is 2. The first kappa shape index (κ1) is 16.2. The maximum absolute atomic E-state index is 12.3. The lowest BCUT2D eigenvalue weighted by atomic mass is 10.2. The molecule has 1 aliphatic heterocycles. The lowest BCUT2D eigenvalue weighted by Gasteiger charge is -2.32. The molecular weight excluding hydrogens is 308 g/mol. The first-order valence-electron chi connectivity index (χ1n) is 7.82. The van der Waals surface area contributed by atoms with Crippen molar-refractivity contribution in [2.45, 2.75) is 12.5 Å². The maximum atomic E-state index is 12.3. The Bertz CT molecular complexity index is 783. The predicted molar refractivity (Wildman–Crippen MR) is 90.5 cm³/mol. The Labute approximate surface area is 139 Å². The average molecular weight is 328 g/mol. The van der Waals surface area contributed by atoms with Gasteiger partial charge in [0, 0.05) is 20.1 Å². The molecular formula is C17H20N4O3. The van der Waals surface area contributed by atoms with Gasteiger partial charge >= 0.3 is 0 Å². The monoisotopic (exact) mass is 328 g/mol. The van der Waals surface area contributed by atoms with Gasteiger partial charge in [-0.3, -0.25) is 14.9 Å². The topological polar surface area (TPSA) is 76.5 Å². The summed E-state index contributed by atoms with van der Waals surface area (Å²) in [6.07, 6.45) is 1.13. The molecule has 7 nitrogen and oxygen atoms in total. The number of fused-ring (bicyclic) bond motifs is 1. The van der Waals surface area contributed by atoms with Crippen molar-refractivity contribution in [2.24, 2.45) is 7.05 Å². The summed E-state index contributed by atoms with van der Waals surface area (Å²) in [5, 5.41) is 2.81. The van der Waals surface area contributed by atoms with E-state index in [4.69, 9.17) is 4.74 Å². The number of aryl methyl sites for hydroxylation is 1. The summed E-state index contributed by atoms with van der Waals surface area (Å²) >= 11 is 0. The second-order valence-corrected chi connectivity index (χ2v) is 5.72. The van der Waals surface area contributed by atoms with E-state index in [1.807, 2.05) is 35.9 Å². The van der Waals surface area contributed by atoms with Crippen LogP contribution in [-0.2, 0) is 21.4 Å². The van der Waals surface area contributed by atoms with E-state index in [0.717, 1.165) is 11.0 Å². The lowest BCUT2D eigenvalue weighted by Crippen LogP contribution is -2.46. The van der Waals surface area contributed by atoms with Gasteiger partial charge in [-0.25, -0.2) is 4.98 Å². The van der Waals surface area contributed by atoms with Crippen LogP contribution in [0.5, 0.6) is 0 Å². The van der Waals surface area contributed by atoms with E-state index in [1.165, 1.54) is 6.08 Å². The van der Waals surface area contributed by atoms with Gasteiger partial charge in [0.25, 0.3) is 0 Å². The van der Waals surface area contributed by atoms with Crippen LogP contribution in [0.2, 0.25) is 0 Å². The van der Waals surface area contributed by atoms with Gasteiger partial charge in [0.15, 0.2) is 0 Å². The summed E-state index contributed by atoms with van der Waals surface area (Å²) in [7, 11) is 1.85. The molecule has 0 radical (unpaired) electrons. The Morgan fingerprint density at radius 3 is 3.00 bits per heavy atom. The third kappa shape index (κ3) is 3.30. The third-order valence-corrected chi connectivity index (χ3v) is 4.08. The molecule has 3 rings (SSSR count). The molecule has 1 aromatic carbocycles. The van der Waals surface area contributed by atoms with Crippen LogP contribution < -0.4 is 5.32 Å². The van der Waals surface area contributed by atoms with Gasteiger partial charge in [-0.2, -0.15) is 0 Å². The normalized spacial score (nSPS) is 17.7. The Hall–Kier alpha value is -2.67. The highest BCUT2D eigenvalue weighted by molar-refractivity contribution is 5.92. The van der Waals surface area contributed by atoms with Gasteiger partial charge in [-0.15, -0.1) is 0 Å². The summed E-state index contributed by atoms with van der Waals surface area (Å²) in [6, 6.07) is 7.67. The van der Waals surface area contributed by atoms with E-state index in [1.54, 1.807) is 4.90 Å². The Morgan fingerprint density at radius 1 is 1.46 bits per heavy atom. The number of carbonyl (C=O) groups is 2. The quantitative estimate of drug-likeness (QED) is 0.859. The smallest absolute Gasteiger partial charge is 0.246 e. The van der Waals surface area contributed by atoms with Crippen LogP contribution >= 0.6 is 0 Å². The Kier molecular flexibility index (Phi) is 4.61. The highest BCUT2D eigenvalue weighted by Gasteiger charge is 2.25. The molecule has 0 saturated carbocycles. The summed E-state index contributed by atoms with van der Waals surface area (Å²) in [4.78, 5) is 30.0. The van der Waals surface area contributed by atoms with E-state index >= 15 is 0 Å². The molecule has 1 N–H and O–H groups in total. The summed E-state index contributed by atoms with van der Waals surface area (Å²) in [6.45, 7) is 4.82. The van der Waals surface area contributed by atoms with Gasteiger partial charge in [0.05, 0.1) is 30.2 Å². The molecule has 24 heavy (non-hydrogen) atoms. The van der Waals surface area contributed by atoms with Gasteiger partial charge in [-0.05, 0) is 18.2 Å². The van der Waals surface area contributed by atoms with Crippen LogP contribution in [0, 0.1) is 0 Å². The van der Waals surface area contributed by atoms with Crippen LogP contribution in [0.4, 0.5) is 5.95 Å². The fraction of sp³-hybridized carbons (Fsp3) is 0.353. The fourth-order valence-corrected chi connectivity index (χ4v) is 2.81. The molecule has 2 heterocycles. The molecule has 1 aliphatic rings. The number of hydrogen-bond donors (Lipinski definition) is 1. The maximum Gasteiger partial charge on any atom is 0.246 e. The number of imidazole rings is 1. The number of morpholine rings is 1. The Morgan fingerprint density at radius 2 is 2.25 bits per heavy atom. The van der Waals surface area contributed by atoms with Crippen molar-refractivity contribution in [3.8, 4) is 0 Å². The zero-order valence-corrected chi connectivity index (χ0v) is 13.6. The zero-order chi connectivity index (χ0) is 17.1. The second kappa shape index (κ2) is 6.84. The molecule has 1 aromatic heterocycles. The summed E-state index contributed by atoms with van der Waals surface area (Å²) in [5.41, 5.74) is 1.77. The van der Waals surface area contributed by atoms with Crippen molar-refractivity contribution >= 4 is 28.8 Å². The van der Waals surface area contributed by atoms with Crippen molar-refractivity contribution in [3.05, 3.63) is 36.9 Å². The Balaban J connectivity index is 1.63. The largest absolute Gasteiger partial charge is 0.374 e. The zero-order valence-electron chi connectivity index (χ0n) is 13.6. The molecule has 1 saturated heterocycles. The van der Waals surface area contributed by atoms with E-state index in [-0.39, 0.29) is 24.3 Å². The molecule has 0 aliphatic carbocycles. The van der Waals surface area contributed by atoms with Gasteiger partial charge in [0.1, 0.15) is 0 Å². The number of ether oxygens (including phenoxy) is 1. The number of aromatic nitrogens is 2. The van der Waals surface area contributed by atoms with Crippen LogP contribution in [0.15, 0.2) is 36.9 Å². The number of benzene rings is 1. The van der Waals surface area contributed by atoms with Crippen molar-refractivity contribution in [1.82, 2.24) is 14.5 Å². The first-order valence-corrected chi connectivity index (χ1v) is 7.82. The minimum Gasteiger partial charge on any atom is -0.374 e. The molecule has 0 spiro atoms. The third-order valence-electron chi connectivity index (χ3n) is 4.08. The minimum absolute atomic E-state index is 0.140. The van der Waals surface area contributed by atoms with Crippen LogP contribution in [0.25, 0.3) is 11.0 Å². The lowest BCUT2D eigenvalue weighted by molar-refractivity contribution is -0.136. The molecule has 1 atom stereocenters. The number of hydrogen-bond acceptors (Lipinski definition) is 4. The summed E-state index contributed by atoms with van der Waals surface area (Å²) < 4.78 is 7.42. The van der Waals surface area contributed by atoms with Crippen molar-refractivity contribution < 1.29 is 14.3 Å². The fourth-order valence-electron chi connectivity index (χ4n) is 2.81. The van der Waals surface area contributed by atoms with Crippen molar-refractivity contribution in [3.63, 3.8) is 0 Å². The number of nitrogens with zero attached hydrogens (tertiary/aromatic N) is 3. The summed E-state index contributed by atoms with van der Waals surface area (Å²) in [5.74, 6) is 0.168. The molecule has 126 valence electrons. The van der Waals surface area contributed by atoms with Crippen molar-refractivity contribution in [1.29, 1.82) is 0 Å². The molecule has 0 bridgehead atoms. The molecule has 2 aromatic rings. The molecule has 2 amide bonds. The van der Waals surface area contributed by atoms with Gasteiger partial charge in [0.2, 0.25) is 17.8 Å². The first-order chi connectivity index (χ1) is 11.6. The number of rotatable bonds is 4. The van der Waals surface area contributed by atoms with E-state index < -0.39 is 0 Å². The van der Waals surface area contributed by atoms with E-state index in [0.29, 0.717) is 25.6 Å². The highest BCUT2D eigenvalue weighted by atomic mass is 16.5. The molecule has 0 unspecified atom stereocenters. The van der Waals surface area contributed by atoms with Crippen LogP contribution in [0.1, 0.15) is 6.42 Å². The number of carbonyl (C=O) groups excluding carboxylic acids is 2. The van der Waals surface area contributed by atoms with Crippen LogP contribution in [-0.4, -0.2) is 52.1 Å². The average Bonchev–Trinajstić information content (AvgIpc) is 2.90. The number of nitrogens with one attached hydrogen (secondary N) is 1. The van der Waals surface area contributed by atoms with E-state index in [9.17, 15) is 9.59 Å². The minimum atomic E-state index is -0.322. The highest BCUT2D eigenvalue weighted by Crippen LogP contribution is 2.18. The predicted octanol–water partition coefficient (Wildman–Crippen LogP) is 1.32. The standard InChI is InChI=1S/C17H20N4O3/c1-3-16(23)21-8-9-24-12(11-21)10-15(22)19-17-18-13-6-4-5-7-14(13)20(17)2/h3-7,12H,1,8-11H2,2H3,(H,18,19,22)/t12-/m0/s1. The van der Waals surface area contributed by atoms with Gasteiger partial charge in [-0.1, -0.05) is 18.7 Å². The SMILES string of the molecule is C=CC(=O)N1CCO[C@@H](CC(=O)Nc2nc3ccccc3n2C)C1. The van der Waals surface area contributed by atoms with Crippen molar-refractivity contribution in [2.75, 3.05) is 25.0 Å². The van der Waals surface area contributed by atoms with Crippen LogP contribution in [0.3, 0.4) is 0 Å². The number of para-hydroxylation sites is 2.